The van der Waals surface area contributed by atoms with Gasteiger partial charge in [-0.1, -0.05) is 18.2 Å². The number of fused-ring (bicyclic) bond motifs is 1. The van der Waals surface area contributed by atoms with Gasteiger partial charge in [-0.3, -0.25) is 0 Å². The van der Waals surface area contributed by atoms with Crippen molar-refractivity contribution in [1.82, 2.24) is 4.90 Å². The Morgan fingerprint density at radius 3 is 2.62 bits per heavy atom. The zero-order valence-electron chi connectivity index (χ0n) is 9.64. The first-order valence-corrected chi connectivity index (χ1v) is 6.32. The van der Waals surface area contributed by atoms with Gasteiger partial charge >= 0.3 is 0 Å². The summed E-state index contributed by atoms with van der Waals surface area (Å²) >= 11 is 0. The van der Waals surface area contributed by atoms with Crippen molar-refractivity contribution in [3.8, 4) is 5.75 Å². The molecule has 1 aromatic rings. The first kappa shape index (κ1) is 10.2. The lowest BCUT2D eigenvalue weighted by molar-refractivity contribution is 0.250. The molecule has 2 aliphatic rings. The van der Waals surface area contributed by atoms with Crippen LogP contribution < -0.4 is 4.74 Å². The molecule has 0 spiro atoms. The maximum absolute atomic E-state index is 5.68. The molecule has 1 aliphatic carbocycles. The van der Waals surface area contributed by atoms with Crippen molar-refractivity contribution in [3.63, 3.8) is 0 Å². The molecule has 2 atom stereocenters. The van der Waals surface area contributed by atoms with Crippen molar-refractivity contribution < 1.29 is 4.74 Å². The Morgan fingerprint density at radius 2 is 1.88 bits per heavy atom. The van der Waals surface area contributed by atoms with Crippen molar-refractivity contribution in [1.29, 1.82) is 0 Å². The number of para-hydroxylation sites is 1. The van der Waals surface area contributed by atoms with Crippen LogP contribution in [-0.4, -0.2) is 31.1 Å². The number of nitrogens with zero attached hydrogens (tertiary/aromatic N) is 1. The van der Waals surface area contributed by atoms with Gasteiger partial charge < -0.3 is 9.64 Å². The van der Waals surface area contributed by atoms with Gasteiger partial charge in [0.1, 0.15) is 5.75 Å². The predicted molar refractivity (Wildman–Crippen MR) is 64.6 cm³/mol. The number of ether oxygens (including phenoxy) is 1. The molecule has 0 N–H and O–H groups in total. The summed E-state index contributed by atoms with van der Waals surface area (Å²) in [6.07, 6.45) is 2.64. The van der Waals surface area contributed by atoms with E-state index in [1.165, 1.54) is 26.1 Å². The SMILES string of the molecule is c1ccc(OCCCN2CC3CC3C2)cc1. The smallest absolute Gasteiger partial charge is 0.119 e. The Hall–Kier alpha value is -1.02. The Balaban J connectivity index is 1.32. The van der Waals surface area contributed by atoms with Crippen molar-refractivity contribution in [2.24, 2.45) is 11.8 Å². The third kappa shape index (κ3) is 2.38. The van der Waals surface area contributed by atoms with Crippen molar-refractivity contribution in [2.45, 2.75) is 12.8 Å². The monoisotopic (exact) mass is 217 g/mol. The Labute approximate surface area is 97.2 Å². The maximum Gasteiger partial charge on any atom is 0.119 e. The van der Waals surface area contributed by atoms with Gasteiger partial charge in [-0.25, -0.2) is 0 Å². The summed E-state index contributed by atoms with van der Waals surface area (Å²) in [6.45, 7) is 4.74. The molecule has 2 nitrogen and oxygen atoms in total. The number of piperidine rings is 1. The molecule has 0 amide bonds. The zero-order valence-corrected chi connectivity index (χ0v) is 9.64. The van der Waals surface area contributed by atoms with E-state index in [0.717, 1.165) is 30.6 Å². The summed E-state index contributed by atoms with van der Waals surface area (Å²) in [6, 6.07) is 10.1. The van der Waals surface area contributed by atoms with E-state index in [-0.39, 0.29) is 0 Å². The molecule has 1 heterocycles. The van der Waals surface area contributed by atoms with Crippen LogP contribution in [0.4, 0.5) is 0 Å². The van der Waals surface area contributed by atoms with Crippen LogP contribution in [0.5, 0.6) is 5.75 Å². The molecule has 2 unspecified atom stereocenters. The van der Waals surface area contributed by atoms with Gasteiger partial charge in [-0.15, -0.1) is 0 Å². The quantitative estimate of drug-likeness (QED) is 0.702. The zero-order chi connectivity index (χ0) is 10.8. The van der Waals surface area contributed by atoms with Gasteiger partial charge in [0.2, 0.25) is 0 Å². The number of likely N-dealkylation sites (tertiary alicyclic amines) is 1. The fraction of sp³-hybridized carbons (Fsp3) is 0.571. The molecular weight excluding hydrogens is 198 g/mol. The number of benzene rings is 1. The van der Waals surface area contributed by atoms with E-state index < -0.39 is 0 Å². The Morgan fingerprint density at radius 1 is 1.12 bits per heavy atom. The van der Waals surface area contributed by atoms with E-state index in [1.807, 2.05) is 30.3 Å². The van der Waals surface area contributed by atoms with E-state index in [2.05, 4.69) is 4.90 Å². The second-order valence-corrected chi connectivity index (χ2v) is 5.03. The lowest BCUT2D eigenvalue weighted by Crippen LogP contribution is -2.25. The summed E-state index contributed by atoms with van der Waals surface area (Å²) in [5, 5.41) is 0. The second kappa shape index (κ2) is 4.46. The van der Waals surface area contributed by atoms with E-state index >= 15 is 0 Å². The third-order valence-corrected chi connectivity index (χ3v) is 3.69. The average Bonchev–Trinajstić information content (AvgIpc) is 2.94. The molecule has 0 bridgehead atoms. The molecule has 0 radical (unpaired) electrons. The second-order valence-electron chi connectivity index (χ2n) is 5.03. The van der Waals surface area contributed by atoms with Crippen LogP contribution in [0.3, 0.4) is 0 Å². The van der Waals surface area contributed by atoms with Crippen LogP contribution in [0.2, 0.25) is 0 Å². The summed E-state index contributed by atoms with van der Waals surface area (Å²) < 4.78 is 5.68. The molecule has 1 saturated heterocycles. The lowest BCUT2D eigenvalue weighted by Gasteiger charge is -2.17. The first-order chi connectivity index (χ1) is 7.92. The number of hydrogen-bond donors (Lipinski definition) is 0. The van der Waals surface area contributed by atoms with Gasteiger partial charge in [0, 0.05) is 19.6 Å². The summed E-state index contributed by atoms with van der Waals surface area (Å²) in [5.74, 6) is 3.09. The third-order valence-electron chi connectivity index (χ3n) is 3.69. The molecule has 1 aliphatic heterocycles. The van der Waals surface area contributed by atoms with E-state index in [1.54, 1.807) is 0 Å². The highest BCUT2D eigenvalue weighted by atomic mass is 16.5. The Kier molecular flexibility index (Phi) is 2.83. The number of hydrogen-bond acceptors (Lipinski definition) is 2. The van der Waals surface area contributed by atoms with Crippen LogP contribution in [0.25, 0.3) is 0 Å². The highest BCUT2D eigenvalue weighted by Crippen LogP contribution is 2.44. The molecule has 3 rings (SSSR count). The summed E-state index contributed by atoms with van der Waals surface area (Å²) in [4.78, 5) is 2.59. The molecule has 1 aromatic carbocycles. The minimum Gasteiger partial charge on any atom is -0.494 e. The van der Waals surface area contributed by atoms with Gasteiger partial charge in [0.25, 0.3) is 0 Å². The first-order valence-electron chi connectivity index (χ1n) is 6.32. The standard InChI is InChI=1S/C14H19NO/c1-2-5-14(6-3-1)16-8-4-7-15-10-12-9-13(12)11-15/h1-3,5-6,12-13H,4,7-11H2. The van der Waals surface area contributed by atoms with Crippen LogP contribution in [-0.2, 0) is 0 Å². The minimum atomic E-state index is 0.843. The van der Waals surface area contributed by atoms with Crippen molar-refractivity contribution in [2.75, 3.05) is 26.2 Å². The fourth-order valence-electron chi connectivity index (χ4n) is 2.67. The van der Waals surface area contributed by atoms with Crippen LogP contribution in [0.1, 0.15) is 12.8 Å². The lowest BCUT2D eigenvalue weighted by atomic mass is 10.3. The van der Waals surface area contributed by atoms with Gasteiger partial charge in [0.15, 0.2) is 0 Å². The highest BCUT2D eigenvalue weighted by molar-refractivity contribution is 5.20. The van der Waals surface area contributed by atoms with Gasteiger partial charge in [0.05, 0.1) is 6.61 Å². The highest BCUT2D eigenvalue weighted by Gasteiger charge is 2.44. The molecule has 1 saturated carbocycles. The largest absolute Gasteiger partial charge is 0.494 e. The maximum atomic E-state index is 5.68. The average molecular weight is 217 g/mol. The van der Waals surface area contributed by atoms with Crippen molar-refractivity contribution >= 4 is 0 Å². The number of rotatable bonds is 5. The van der Waals surface area contributed by atoms with Crippen LogP contribution in [0, 0.1) is 11.8 Å². The fourth-order valence-corrected chi connectivity index (χ4v) is 2.67. The summed E-state index contributed by atoms with van der Waals surface area (Å²) in [5.41, 5.74) is 0. The molecule has 0 aromatic heterocycles. The topological polar surface area (TPSA) is 12.5 Å². The molecule has 2 fully saturated rings. The molecule has 86 valence electrons. The van der Waals surface area contributed by atoms with Gasteiger partial charge in [-0.2, -0.15) is 0 Å². The van der Waals surface area contributed by atoms with E-state index in [9.17, 15) is 0 Å². The normalized spacial score (nSPS) is 27.8. The van der Waals surface area contributed by atoms with Gasteiger partial charge in [-0.05, 0) is 36.8 Å². The van der Waals surface area contributed by atoms with E-state index in [0.29, 0.717) is 0 Å². The van der Waals surface area contributed by atoms with Crippen molar-refractivity contribution in [3.05, 3.63) is 30.3 Å². The van der Waals surface area contributed by atoms with E-state index in [4.69, 9.17) is 4.74 Å². The molecule has 2 heteroatoms. The predicted octanol–water partition coefficient (Wildman–Crippen LogP) is 2.41. The Bertz CT molecular complexity index is 328. The summed E-state index contributed by atoms with van der Waals surface area (Å²) in [7, 11) is 0. The molecular formula is C14H19NO. The van der Waals surface area contributed by atoms with Crippen LogP contribution >= 0.6 is 0 Å². The van der Waals surface area contributed by atoms with Crippen LogP contribution in [0.15, 0.2) is 30.3 Å². The minimum absolute atomic E-state index is 0.843. The molecule has 16 heavy (non-hydrogen) atoms.